The van der Waals surface area contributed by atoms with Gasteiger partial charge in [0.25, 0.3) is 6.47 Å². The van der Waals surface area contributed by atoms with E-state index in [-0.39, 0.29) is 12.5 Å². The smallest absolute Gasteiger partial charge is 0.416 e. The van der Waals surface area contributed by atoms with Crippen LogP contribution < -0.4 is 4.90 Å². The van der Waals surface area contributed by atoms with Crippen LogP contribution in [0.25, 0.3) is 10.9 Å². The molecule has 1 aromatic heterocycles. The van der Waals surface area contributed by atoms with E-state index in [4.69, 9.17) is 21.5 Å². The second kappa shape index (κ2) is 9.72. The second-order valence-corrected chi connectivity index (χ2v) is 9.11. The van der Waals surface area contributed by atoms with Gasteiger partial charge in [-0.2, -0.15) is 13.2 Å². The lowest BCUT2D eigenvalue weighted by molar-refractivity contribution is -0.137. The summed E-state index contributed by atoms with van der Waals surface area (Å²) in [5, 5.41) is 8.67. The maximum atomic E-state index is 13.1. The number of carbonyl (C=O) groups is 1. The molecular formula is C25H19BrClF3N2O2. The molecule has 3 aromatic carbocycles. The SMILES string of the molecule is FC(F)(F)c1ccc(C2c3[nH]c4ccc(Br)cc4c3CCN2c2ccc(Cl)cc2)cc1.O=CO. The number of carboxylic acid groups (broad SMARTS) is 1. The zero-order valence-corrected chi connectivity index (χ0v) is 20.0. The summed E-state index contributed by atoms with van der Waals surface area (Å²) in [5.74, 6) is 0. The number of alkyl halides is 3. The van der Waals surface area contributed by atoms with Crippen molar-refractivity contribution in [2.24, 2.45) is 0 Å². The molecule has 2 N–H and O–H groups in total. The van der Waals surface area contributed by atoms with Gasteiger partial charge in [-0.3, -0.25) is 4.79 Å². The number of hydrogen-bond acceptors (Lipinski definition) is 2. The molecule has 1 unspecified atom stereocenters. The highest BCUT2D eigenvalue weighted by Gasteiger charge is 2.34. The van der Waals surface area contributed by atoms with Crippen molar-refractivity contribution in [2.45, 2.75) is 18.6 Å². The van der Waals surface area contributed by atoms with Gasteiger partial charge in [0.2, 0.25) is 0 Å². The van der Waals surface area contributed by atoms with Gasteiger partial charge in [0.1, 0.15) is 0 Å². The molecule has 5 rings (SSSR count). The fourth-order valence-corrected chi connectivity index (χ4v) is 4.86. The second-order valence-electron chi connectivity index (χ2n) is 7.75. The third kappa shape index (κ3) is 4.79. The van der Waals surface area contributed by atoms with Crippen molar-refractivity contribution in [1.29, 1.82) is 0 Å². The number of hydrogen-bond donors (Lipinski definition) is 2. The summed E-state index contributed by atoms with van der Waals surface area (Å²) in [6.07, 6.45) is -3.54. The molecule has 1 atom stereocenters. The molecule has 176 valence electrons. The lowest BCUT2D eigenvalue weighted by atomic mass is 9.91. The summed E-state index contributed by atoms with van der Waals surface area (Å²) in [6, 6.07) is 18.9. The van der Waals surface area contributed by atoms with Gasteiger partial charge in [0, 0.05) is 38.3 Å². The number of fused-ring (bicyclic) bond motifs is 3. The molecule has 4 nitrogen and oxygen atoms in total. The van der Waals surface area contributed by atoms with Gasteiger partial charge in [-0.25, -0.2) is 0 Å². The fraction of sp³-hybridized carbons (Fsp3) is 0.160. The van der Waals surface area contributed by atoms with Gasteiger partial charge < -0.3 is 15.0 Å². The molecule has 0 saturated carbocycles. The van der Waals surface area contributed by atoms with Crippen LogP contribution in [-0.2, 0) is 17.4 Å². The first-order chi connectivity index (χ1) is 16.2. The molecule has 0 bridgehead atoms. The Bertz CT molecular complexity index is 1300. The molecule has 2 heterocycles. The predicted octanol–water partition coefficient (Wildman–Crippen LogP) is 7.46. The highest BCUT2D eigenvalue weighted by molar-refractivity contribution is 9.10. The standard InChI is InChI=1S/C24H17BrClF3N2.CH2O2/c25-16-5-10-21-20(13-16)19-11-12-31(18-8-6-17(26)7-9-18)23(22(19)30-21)14-1-3-15(4-2-14)24(27,28)29;2-1-3/h1-10,13,23,30H,11-12H2;1H,(H,2,3). The van der Waals surface area contributed by atoms with Crippen LogP contribution in [0.4, 0.5) is 18.9 Å². The topological polar surface area (TPSA) is 56.3 Å². The van der Waals surface area contributed by atoms with Crippen molar-refractivity contribution < 1.29 is 23.1 Å². The number of H-pyrrole nitrogens is 1. The van der Waals surface area contributed by atoms with Crippen LogP contribution in [0.5, 0.6) is 0 Å². The van der Waals surface area contributed by atoms with Crippen LogP contribution >= 0.6 is 27.5 Å². The molecule has 9 heteroatoms. The number of halogens is 5. The van der Waals surface area contributed by atoms with Crippen LogP contribution in [0.2, 0.25) is 5.02 Å². The number of rotatable bonds is 2. The first kappa shape index (κ1) is 24.2. The van der Waals surface area contributed by atoms with Gasteiger partial charge in [-0.15, -0.1) is 0 Å². The molecule has 1 aliphatic rings. The van der Waals surface area contributed by atoms with Crippen molar-refractivity contribution in [3.05, 3.63) is 98.6 Å². The first-order valence-corrected chi connectivity index (χ1v) is 11.5. The minimum atomic E-state index is -4.36. The van der Waals surface area contributed by atoms with E-state index in [9.17, 15) is 13.2 Å². The van der Waals surface area contributed by atoms with E-state index in [2.05, 4.69) is 31.9 Å². The van der Waals surface area contributed by atoms with Crippen molar-refractivity contribution in [1.82, 2.24) is 4.98 Å². The zero-order valence-electron chi connectivity index (χ0n) is 17.6. The molecule has 0 fully saturated rings. The summed E-state index contributed by atoms with van der Waals surface area (Å²) in [6.45, 7) is 0.486. The largest absolute Gasteiger partial charge is 0.483 e. The van der Waals surface area contributed by atoms with Crippen molar-refractivity contribution in [3.8, 4) is 0 Å². The number of nitrogens with one attached hydrogen (secondary N) is 1. The molecule has 0 aliphatic carbocycles. The Morgan fingerprint density at radius 3 is 2.32 bits per heavy atom. The van der Waals surface area contributed by atoms with Crippen molar-refractivity contribution in [2.75, 3.05) is 11.4 Å². The number of anilines is 1. The van der Waals surface area contributed by atoms with Crippen LogP contribution in [0.3, 0.4) is 0 Å². The Kier molecular flexibility index (Phi) is 6.91. The summed E-state index contributed by atoms with van der Waals surface area (Å²) in [7, 11) is 0. The predicted molar refractivity (Wildman–Crippen MR) is 130 cm³/mol. The van der Waals surface area contributed by atoms with E-state index in [0.717, 1.165) is 57.4 Å². The van der Waals surface area contributed by atoms with Crippen molar-refractivity contribution in [3.63, 3.8) is 0 Å². The first-order valence-electron chi connectivity index (χ1n) is 10.3. The Morgan fingerprint density at radius 2 is 1.71 bits per heavy atom. The molecule has 4 aromatic rings. The summed E-state index contributed by atoms with van der Waals surface area (Å²) in [5.41, 5.74) is 4.35. The Hall–Kier alpha value is -2.97. The van der Waals surface area contributed by atoms with E-state index in [1.807, 2.05) is 36.4 Å². The molecule has 0 radical (unpaired) electrons. The third-order valence-electron chi connectivity index (χ3n) is 5.80. The molecular weight excluding hydrogens is 533 g/mol. The van der Waals surface area contributed by atoms with Crippen LogP contribution in [-0.4, -0.2) is 23.1 Å². The quantitative estimate of drug-likeness (QED) is 0.254. The Labute approximate surface area is 207 Å². The average molecular weight is 552 g/mol. The number of benzene rings is 3. The lowest BCUT2D eigenvalue weighted by Gasteiger charge is -2.38. The molecule has 0 saturated heterocycles. The van der Waals surface area contributed by atoms with Gasteiger partial charge in [0.05, 0.1) is 11.6 Å². The Morgan fingerprint density at radius 1 is 1.06 bits per heavy atom. The van der Waals surface area contributed by atoms with Crippen molar-refractivity contribution >= 4 is 50.6 Å². The minimum Gasteiger partial charge on any atom is -0.483 e. The molecule has 0 spiro atoms. The minimum absolute atomic E-state index is 0.238. The fourth-order valence-electron chi connectivity index (χ4n) is 4.37. The molecule has 1 aliphatic heterocycles. The van der Waals surface area contributed by atoms with Gasteiger partial charge >= 0.3 is 6.18 Å². The summed E-state index contributed by atoms with van der Waals surface area (Å²) >= 11 is 9.62. The van der Waals surface area contributed by atoms with Gasteiger partial charge in [-0.1, -0.05) is 39.7 Å². The highest BCUT2D eigenvalue weighted by atomic mass is 79.9. The van der Waals surface area contributed by atoms with E-state index < -0.39 is 11.7 Å². The van der Waals surface area contributed by atoms with Crippen LogP contribution in [0.1, 0.15) is 28.4 Å². The lowest BCUT2D eigenvalue weighted by Crippen LogP contribution is -2.36. The normalized spacial score (nSPS) is 15.4. The van der Waals surface area contributed by atoms with Gasteiger partial charge in [0.15, 0.2) is 0 Å². The van der Waals surface area contributed by atoms with E-state index in [1.54, 1.807) is 12.1 Å². The number of aromatic nitrogens is 1. The van der Waals surface area contributed by atoms with Gasteiger partial charge in [-0.05, 0) is 72.1 Å². The maximum Gasteiger partial charge on any atom is 0.416 e. The van der Waals surface area contributed by atoms with Crippen LogP contribution in [0, 0.1) is 0 Å². The Balaban J connectivity index is 0.000000868. The van der Waals surface area contributed by atoms with E-state index >= 15 is 0 Å². The van der Waals surface area contributed by atoms with E-state index in [0.29, 0.717) is 5.02 Å². The number of nitrogens with zero attached hydrogens (tertiary/aromatic N) is 1. The zero-order chi connectivity index (χ0) is 24.5. The number of aromatic amines is 1. The third-order valence-corrected chi connectivity index (χ3v) is 6.55. The van der Waals surface area contributed by atoms with Crippen LogP contribution in [0.15, 0.2) is 71.2 Å². The monoisotopic (exact) mass is 550 g/mol. The van der Waals surface area contributed by atoms with E-state index in [1.165, 1.54) is 5.56 Å². The average Bonchev–Trinajstić information content (AvgIpc) is 3.17. The highest BCUT2D eigenvalue weighted by Crippen LogP contribution is 2.42. The molecule has 34 heavy (non-hydrogen) atoms. The maximum absolute atomic E-state index is 13.1. The summed E-state index contributed by atoms with van der Waals surface area (Å²) in [4.78, 5) is 14.1. The summed E-state index contributed by atoms with van der Waals surface area (Å²) < 4.78 is 40.4. The molecule has 0 amide bonds.